The highest BCUT2D eigenvalue weighted by Crippen LogP contribution is 2.36. The van der Waals surface area contributed by atoms with Crippen LogP contribution in [-0.2, 0) is 0 Å². The lowest BCUT2D eigenvalue weighted by Gasteiger charge is -2.17. The number of anilines is 1. The first kappa shape index (κ1) is 13.7. The summed E-state index contributed by atoms with van der Waals surface area (Å²) >= 11 is 9.43. The summed E-state index contributed by atoms with van der Waals surface area (Å²) in [4.78, 5) is 2.47. The van der Waals surface area contributed by atoms with Crippen LogP contribution in [0.4, 0.5) is 5.69 Å². The molecule has 0 amide bonds. The molecule has 0 aliphatic rings. The number of hydrogen-bond donors (Lipinski definition) is 2. The molecular formula is C14H14ClN3S2. The lowest BCUT2D eigenvalue weighted by molar-refractivity contribution is 0.985. The van der Waals surface area contributed by atoms with E-state index in [9.17, 15) is 0 Å². The van der Waals surface area contributed by atoms with Crippen molar-refractivity contribution in [2.75, 3.05) is 5.32 Å². The number of halogens is 1. The molecule has 0 fully saturated rings. The molecule has 104 valence electrons. The van der Waals surface area contributed by atoms with Gasteiger partial charge in [0.15, 0.2) is 0 Å². The molecule has 0 aliphatic carbocycles. The van der Waals surface area contributed by atoms with Crippen LogP contribution in [-0.4, -0.2) is 10.2 Å². The number of thiophene rings is 2. The zero-order valence-electron chi connectivity index (χ0n) is 11.1. The van der Waals surface area contributed by atoms with E-state index in [1.807, 2.05) is 19.9 Å². The highest BCUT2D eigenvalue weighted by molar-refractivity contribution is 7.16. The maximum Gasteiger partial charge on any atom is 0.0955 e. The highest BCUT2D eigenvalue weighted by atomic mass is 35.5. The van der Waals surface area contributed by atoms with Crippen molar-refractivity contribution in [1.82, 2.24) is 10.2 Å². The molecule has 3 heterocycles. The third-order valence-corrected chi connectivity index (χ3v) is 5.36. The molecule has 3 nitrogen and oxygen atoms in total. The second kappa shape index (κ2) is 5.60. The van der Waals surface area contributed by atoms with E-state index in [2.05, 4.69) is 39.1 Å². The van der Waals surface area contributed by atoms with Crippen molar-refractivity contribution in [3.05, 3.63) is 55.1 Å². The van der Waals surface area contributed by atoms with Gasteiger partial charge in [0.05, 0.1) is 27.5 Å². The van der Waals surface area contributed by atoms with Gasteiger partial charge in [-0.05, 0) is 37.4 Å². The van der Waals surface area contributed by atoms with E-state index < -0.39 is 0 Å². The van der Waals surface area contributed by atoms with Gasteiger partial charge in [0.2, 0.25) is 0 Å². The fourth-order valence-electron chi connectivity index (χ4n) is 2.13. The molecule has 2 N–H and O–H groups in total. The van der Waals surface area contributed by atoms with E-state index in [-0.39, 0.29) is 6.04 Å². The van der Waals surface area contributed by atoms with Crippen LogP contribution in [0, 0.1) is 13.8 Å². The maximum absolute atomic E-state index is 6.09. The predicted octanol–water partition coefficient (Wildman–Crippen LogP) is 5.00. The molecule has 1 atom stereocenters. The van der Waals surface area contributed by atoms with Gasteiger partial charge in [-0.25, -0.2) is 0 Å². The van der Waals surface area contributed by atoms with Crippen LogP contribution < -0.4 is 5.32 Å². The molecule has 0 spiro atoms. The van der Waals surface area contributed by atoms with Crippen LogP contribution in [0.5, 0.6) is 0 Å². The number of aromatic nitrogens is 2. The number of rotatable bonds is 4. The summed E-state index contributed by atoms with van der Waals surface area (Å²) in [6.45, 7) is 4.02. The third-order valence-electron chi connectivity index (χ3n) is 3.12. The molecule has 20 heavy (non-hydrogen) atoms. The molecule has 0 aromatic carbocycles. The Morgan fingerprint density at radius 3 is 2.65 bits per heavy atom. The third kappa shape index (κ3) is 2.61. The van der Waals surface area contributed by atoms with Gasteiger partial charge in [-0.1, -0.05) is 17.7 Å². The summed E-state index contributed by atoms with van der Waals surface area (Å²) < 4.78 is 0.809. The summed E-state index contributed by atoms with van der Waals surface area (Å²) in [7, 11) is 0. The summed E-state index contributed by atoms with van der Waals surface area (Å²) in [5.74, 6) is 0. The fourth-order valence-corrected chi connectivity index (χ4v) is 4.13. The average molecular weight is 324 g/mol. The van der Waals surface area contributed by atoms with Crippen LogP contribution in [0.15, 0.2) is 29.6 Å². The van der Waals surface area contributed by atoms with Gasteiger partial charge >= 0.3 is 0 Å². The number of nitrogens with zero attached hydrogens (tertiary/aromatic N) is 1. The molecular weight excluding hydrogens is 310 g/mol. The van der Waals surface area contributed by atoms with Crippen molar-refractivity contribution in [2.45, 2.75) is 19.9 Å². The minimum Gasteiger partial charge on any atom is -0.370 e. The van der Waals surface area contributed by atoms with Crippen molar-refractivity contribution in [2.24, 2.45) is 0 Å². The topological polar surface area (TPSA) is 40.7 Å². The van der Waals surface area contributed by atoms with Crippen LogP contribution in [0.3, 0.4) is 0 Å². The van der Waals surface area contributed by atoms with Gasteiger partial charge in [0.1, 0.15) is 0 Å². The van der Waals surface area contributed by atoms with E-state index in [0.29, 0.717) is 0 Å². The molecule has 0 bridgehead atoms. The molecule has 0 saturated heterocycles. The van der Waals surface area contributed by atoms with Gasteiger partial charge < -0.3 is 5.32 Å². The van der Waals surface area contributed by atoms with Crippen molar-refractivity contribution < 1.29 is 0 Å². The van der Waals surface area contributed by atoms with E-state index in [4.69, 9.17) is 11.6 Å². The Morgan fingerprint density at radius 1 is 1.25 bits per heavy atom. The lowest BCUT2D eigenvalue weighted by Crippen LogP contribution is -2.10. The molecule has 1 unspecified atom stereocenters. The number of aromatic amines is 1. The summed E-state index contributed by atoms with van der Waals surface area (Å²) in [5.41, 5.74) is 3.09. The minimum atomic E-state index is 0.113. The zero-order chi connectivity index (χ0) is 14.1. The molecule has 0 radical (unpaired) electrons. The highest BCUT2D eigenvalue weighted by Gasteiger charge is 2.19. The monoisotopic (exact) mass is 323 g/mol. The quantitative estimate of drug-likeness (QED) is 0.709. The van der Waals surface area contributed by atoms with Crippen LogP contribution in [0.2, 0.25) is 4.34 Å². The second-order valence-corrected chi connectivity index (χ2v) is 7.27. The van der Waals surface area contributed by atoms with E-state index in [1.165, 1.54) is 9.75 Å². The molecule has 3 aromatic heterocycles. The number of nitrogens with one attached hydrogen (secondary N) is 2. The number of hydrogen-bond acceptors (Lipinski definition) is 4. The fraction of sp³-hybridized carbons (Fsp3) is 0.214. The smallest absolute Gasteiger partial charge is 0.0955 e. The molecule has 0 aliphatic heterocycles. The standard InChI is InChI=1S/C14H14ClN3S2/c1-8-13(9(2)18-17-8)16-14(10-4-3-7-19-10)11-5-6-12(15)20-11/h3-7,14,16H,1-2H3,(H,17,18). The first-order valence-electron chi connectivity index (χ1n) is 6.22. The van der Waals surface area contributed by atoms with Crippen molar-refractivity contribution in [3.63, 3.8) is 0 Å². The van der Waals surface area contributed by atoms with Gasteiger partial charge in [-0.2, -0.15) is 5.10 Å². The SMILES string of the molecule is Cc1n[nH]c(C)c1NC(c1cccs1)c1ccc(Cl)s1. The van der Waals surface area contributed by atoms with Crippen molar-refractivity contribution in [3.8, 4) is 0 Å². The normalized spacial score (nSPS) is 12.6. The summed E-state index contributed by atoms with van der Waals surface area (Å²) in [5, 5.41) is 12.9. The number of aryl methyl sites for hydroxylation is 2. The van der Waals surface area contributed by atoms with Crippen molar-refractivity contribution in [1.29, 1.82) is 0 Å². The molecule has 3 aromatic rings. The zero-order valence-corrected chi connectivity index (χ0v) is 13.5. The van der Waals surface area contributed by atoms with Gasteiger partial charge in [-0.3, -0.25) is 5.10 Å². The van der Waals surface area contributed by atoms with Crippen LogP contribution in [0.1, 0.15) is 27.2 Å². The Kier molecular flexibility index (Phi) is 3.83. The summed E-state index contributed by atoms with van der Waals surface area (Å²) in [6.07, 6.45) is 0. The first-order valence-corrected chi connectivity index (χ1v) is 8.29. The minimum absolute atomic E-state index is 0.113. The largest absolute Gasteiger partial charge is 0.370 e. The van der Waals surface area contributed by atoms with Gasteiger partial charge in [0, 0.05) is 9.75 Å². The number of H-pyrrole nitrogens is 1. The second-order valence-electron chi connectivity index (χ2n) is 4.54. The first-order chi connectivity index (χ1) is 9.65. The Labute approximate surface area is 130 Å². The van der Waals surface area contributed by atoms with E-state index in [0.717, 1.165) is 21.4 Å². The molecule has 6 heteroatoms. The van der Waals surface area contributed by atoms with Crippen LogP contribution >= 0.6 is 34.3 Å². The molecule has 0 saturated carbocycles. The Hall–Kier alpha value is -1.30. The average Bonchev–Trinajstić information content (AvgIpc) is 3.13. The lowest BCUT2D eigenvalue weighted by atomic mass is 10.2. The molecule has 3 rings (SSSR count). The van der Waals surface area contributed by atoms with E-state index in [1.54, 1.807) is 22.7 Å². The Balaban J connectivity index is 1.99. The predicted molar refractivity (Wildman–Crippen MR) is 87.2 cm³/mol. The Morgan fingerprint density at radius 2 is 2.10 bits per heavy atom. The van der Waals surface area contributed by atoms with Crippen molar-refractivity contribution >= 4 is 40.0 Å². The van der Waals surface area contributed by atoms with Crippen LogP contribution in [0.25, 0.3) is 0 Å². The van der Waals surface area contributed by atoms with Gasteiger partial charge in [0.25, 0.3) is 0 Å². The summed E-state index contributed by atoms with van der Waals surface area (Å²) in [6, 6.07) is 8.34. The van der Waals surface area contributed by atoms with E-state index >= 15 is 0 Å². The van der Waals surface area contributed by atoms with Gasteiger partial charge in [-0.15, -0.1) is 22.7 Å². The maximum atomic E-state index is 6.09. The Bertz CT molecular complexity index is 680.